The third-order valence-electron chi connectivity index (χ3n) is 6.27. The van der Waals surface area contributed by atoms with Gasteiger partial charge in [-0.2, -0.15) is 0 Å². The molecule has 0 bridgehead atoms. The Kier molecular flexibility index (Phi) is 6.13. The van der Waals surface area contributed by atoms with E-state index in [0.29, 0.717) is 19.4 Å². The molecule has 1 fully saturated rings. The highest BCUT2D eigenvalue weighted by molar-refractivity contribution is 5.70. The van der Waals surface area contributed by atoms with Gasteiger partial charge in [0.1, 0.15) is 5.60 Å². The molecule has 2 N–H and O–H groups in total. The van der Waals surface area contributed by atoms with E-state index in [1.807, 2.05) is 61.5 Å². The molecule has 0 spiro atoms. The molecule has 3 aromatic rings. The molecule has 0 saturated carbocycles. The van der Waals surface area contributed by atoms with Gasteiger partial charge in [0.25, 0.3) is 0 Å². The molecule has 1 amide bonds. The number of hydrogen-bond acceptors (Lipinski definition) is 4. The highest BCUT2D eigenvalue weighted by Crippen LogP contribution is 2.42. The largest absolute Gasteiger partial charge is 0.438 e. The lowest BCUT2D eigenvalue weighted by Gasteiger charge is -2.45. The minimum absolute atomic E-state index is 0.135. The fourth-order valence-corrected chi connectivity index (χ4v) is 4.62. The van der Waals surface area contributed by atoms with Crippen molar-refractivity contribution in [2.24, 2.45) is 0 Å². The first kappa shape index (κ1) is 22.8. The number of carbonyl (C=O) groups is 1. The van der Waals surface area contributed by atoms with E-state index in [1.165, 1.54) is 6.07 Å². The van der Waals surface area contributed by atoms with Crippen molar-refractivity contribution < 1.29 is 14.6 Å². The number of nitrogens with zero attached hydrogens (tertiary/aromatic N) is 1. The molecule has 2 aromatic carbocycles. The summed E-state index contributed by atoms with van der Waals surface area (Å²) in [6.45, 7) is 5.99. The lowest BCUT2D eigenvalue weighted by Crippen LogP contribution is -2.51. The van der Waals surface area contributed by atoms with E-state index >= 15 is 0 Å². The van der Waals surface area contributed by atoms with Crippen LogP contribution in [0.4, 0.5) is 4.79 Å². The van der Waals surface area contributed by atoms with Crippen LogP contribution in [0.25, 0.3) is 11.1 Å². The van der Waals surface area contributed by atoms with Crippen molar-refractivity contribution in [3.05, 3.63) is 94.4 Å². The Hall–Kier alpha value is -3.38. The number of rotatable bonds is 6. The SMILES string of the molecule is C[C@@H](c1ccc(-c2ccc(=O)[nH]c2)cc1)N1CC[C@](CC(C)(C)O)(c2ccccc2)OC1=O. The van der Waals surface area contributed by atoms with Gasteiger partial charge in [0, 0.05) is 31.6 Å². The Morgan fingerprint density at radius 1 is 1.03 bits per heavy atom. The zero-order valence-electron chi connectivity index (χ0n) is 19.2. The molecular weight excluding hydrogens is 416 g/mol. The zero-order chi connectivity index (χ0) is 23.6. The molecule has 6 nitrogen and oxygen atoms in total. The molecule has 0 unspecified atom stereocenters. The molecule has 4 rings (SSSR count). The molecular formula is C27H30N2O4. The lowest BCUT2D eigenvalue weighted by atomic mass is 9.80. The van der Waals surface area contributed by atoms with Crippen LogP contribution in [0, 0.1) is 0 Å². The molecule has 33 heavy (non-hydrogen) atoms. The number of nitrogens with one attached hydrogen (secondary N) is 1. The van der Waals surface area contributed by atoms with Crippen molar-refractivity contribution in [3.8, 4) is 11.1 Å². The monoisotopic (exact) mass is 446 g/mol. The van der Waals surface area contributed by atoms with Gasteiger partial charge in [-0.05, 0) is 49.1 Å². The highest BCUT2D eigenvalue weighted by atomic mass is 16.6. The van der Waals surface area contributed by atoms with Gasteiger partial charge < -0.3 is 19.7 Å². The first-order valence-electron chi connectivity index (χ1n) is 11.2. The summed E-state index contributed by atoms with van der Waals surface area (Å²) in [4.78, 5) is 28.9. The average Bonchev–Trinajstić information content (AvgIpc) is 2.79. The Balaban J connectivity index is 1.53. The normalized spacial score (nSPS) is 19.8. The summed E-state index contributed by atoms with van der Waals surface area (Å²) in [5.74, 6) is 0. The van der Waals surface area contributed by atoms with Crippen LogP contribution in [0.15, 0.2) is 77.7 Å². The van der Waals surface area contributed by atoms with Gasteiger partial charge in [-0.1, -0.05) is 54.6 Å². The maximum absolute atomic E-state index is 13.2. The quantitative estimate of drug-likeness (QED) is 0.558. The van der Waals surface area contributed by atoms with Gasteiger partial charge in [0.15, 0.2) is 0 Å². The molecule has 2 heterocycles. The summed E-state index contributed by atoms with van der Waals surface area (Å²) in [5.41, 5.74) is 1.82. The van der Waals surface area contributed by atoms with Gasteiger partial charge in [0.05, 0.1) is 11.6 Å². The number of hydrogen-bond donors (Lipinski definition) is 2. The highest BCUT2D eigenvalue weighted by Gasteiger charge is 2.46. The summed E-state index contributed by atoms with van der Waals surface area (Å²) >= 11 is 0. The van der Waals surface area contributed by atoms with Crippen molar-refractivity contribution in [2.75, 3.05) is 6.54 Å². The van der Waals surface area contributed by atoms with E-state index in [1.54, 1.807) is 31.0 Å². The molecule has 0 radical (unpaired) electrons. The number of benzene rings is 2. The number of carbonyl (C=O) groups excluding carboxylic acids is 1. The fourth-order valence-electron chi connectivity index (χ4n) is 4.62. The molecule has 0 aliphatic carbocycles. The minimum atomic E-state index is -0.985. The second-order valence-corrected chi connectivity index (χ2v) is 9.40. The van der Waals surface area contributed by atoms with Crippen molar-refractivity contribution >= 4 is 6.09 Å². The van der Waals surface area contributed by atoms with Crippen molar-refractivity contribution in [3.63, 3.8) is 0 Å². The van der Waals surface area contributed by atoms with Gasteiger partial charge >= 0.3 is 6.09 Å². The molecule has 6 heteroatoms. The van der Waals surface area contributed by atoms with Crippen molar-refractivity contribution in [2.45, 2.75) is 50.9 Å². The van der Waals surface area contributed by atoms with E-state index in [-0.39, 0.29) is 17.7 Å². The summed E-state index contributed by atoms with van der Waals surface area (Å²) < 4.78 is 6.09. The summed E-state index contributed by atoms with van der Waals surface area (Å²) in [6.07, 6.45) is 2.22. The number of aromatic nitrogens is 1. The number of aliphatic hydroxyl groups is 1. The van der Waals surface area contributed by atoms with Crippen LogP contribution in [-0.4, -0.2) is 33.2 Å². The second kappa shape index (κ2) is 8.87. The van der Waals surface area contributed by atoms with Crippen LogP contribution < -0.4 is 5.56 Å². The van der Waals surface area contributed by atoms with Crippen LogP contribution in [0.1, 0.15) is 50.8 Å². The van der Waals surface area contributed by atoms with Crippen LogP contribution >= 0.6 is 0 Å². The molecule has 2 atom stereocenters. The second-order valence-electron chi connectivity index (χ2n) is 9.40. The Morgan fingerprint density at radius 3 is 2.27 bits per heavy atom. The number of aromatic amines is 1. The lowest BCUT2D eigenvalue weighted by molar-refractivity contribution is -0.101. The standard InChI is InChI=1S/C27H30N2O4/c1-19(20-9-11-21(12-10-20)22-13-14-24(30)28-17-22)29-16-15-27(33-25(29)31,18-26(2,3)32)23-7-5-4-6-8-23/h4-14,17,19,32H,15-16,18H2,1-3H3,(H,28,30)/t19-,27-/m0/s1. The predicted molar refractivity (Wildman–Crippen MR) is 128 cm³/mol. The summed E-state index contributed by atoms with van der Waals surface area (Å²) in [7, 11) is 0. The van der Waals surface area contributed by atoms with Crippen LogP contribution in [0.2, 0.25) is 0 Å². The average molecular weight is 447 g/mol. The number of pyridine rings is 1. The first-order valence-corrected chi connectivity index (χ1v) is 11.2. The van der Waals surface area contributed by atoms with E-state index in [0.717, 1.165) is 22.3 Å². The smallest absolute Gasteiger partial charge is 0.411 e. The number of amides is 1. The summed E-state index contributed by atoms with van der Waals surface area (Å²) in [5, 5.41) is 10.5. The third kappa shape index (κ3) is 5.01. The maximum atomic E-state index is 13.2. The van der Waals surface area contributed by atoms with Crippen molar-refractivity contribution in [1.29, 1.82) is 0 Å². The van der Waals surface area contributed by atoms with Gasteiger partial charge in [-0.25, -0.2) is 4.79 Å². The topological polar surface area (TPSA) is 82.6 Å². The number of H-pyrrole nitrogens is 1. The van der Waals surface area contributed by atoms with E-state index in [4.69, 9.17) is 4.74 Å². The molecule has 1 aliphatic heterocycles. The van der Waals surface area contributed by atoms with Gasteiger partial charge in [0.2, 0.25) is 5.56 Å². The minimum Gasteiger partial charge on any atom is -0.438 e. The fraction of sp³-hybridized carbons (Fsp3) is 0.333. The van der Waals surface area contributed by atoms with Crippen LogP contribution in [0.5, 0.6) is 0 Å². The number of cyclic esters (lactones) is 1. The molecule has 1 aromatic heterocycles. The third-order valence-corrected chi connectivity index (χ3v) is 6.27. The van der Waals surface area contributed by atoms with E-state index in [2.05, 4.69) is 4.98 Å². The molecule has 172 valence electrons. The Labute approximate surface area is 193 Å². The molecule has 1 saturated heterocycles. The van der Waals surface area contributed by atoms with Gasteiger partial charge in [-0.15, -0.1) is 0 Å². The van der Waals surface area contributed by atoms with E-state index in [9.17, 15) is 14.7 Å². The maximum Gasteiger partial charge on any atom is 0.411 e. The molecule has 1 aliphatic rings. The van der Waals surface area contributed by atoms with E-state index < -0.39 is 11.2 Å². The zero-order valence-corrected chi connectivity index (χ0v) is 19.2. The predicted octanol–water partition coefficient (Wildman–Crippen LogP) is 5.00. The first-order chi connectivity index (χ1) is 15.7. The Morgan fingerprint density at radius 2 is 1.70 bits per heavy atom. The summed E-state index contributed by atoms with van der Waals surface area (Å²) in [6, 6.07) is 20.8. The Bertz CT molecular complexity index is 1140. The van der Waals surface area contributed by atoms with Crippen LogP contribution in [-0.2, 0) is 10.3 Å². The van der Waals surface area contributed by atoms with Crippen molar-refractivity contribution in [1.82, 2.24) is 9.88 Å². The number of ether oxygens (including phenoxy) is 1. The van der Waals surface area contributed by atoms with Crippen LogP contribution in [0.3, 0.4) is 0 Å². The van der Waals surface area contributed by atoms with Gasteiger partial charge in [-0.3, -0.25) is 4.79 Å².